The third-order valence-electron chi connectivity index (χ3n) is 2.52. The highest BCUT2D eigenvalue weighted by Gasteiger charge is 2.31. The number of hydrogen-bond donors (Lipinski definition) is 2. The van der Waals surface area contributed by atoms with Crippen molar-refractivity contribution in [2.75, 3.05) is 26.7 Å². The Labute approximate surface area is 127 Å². The van der Waals surface area contributed by atoms with Gasteiger partial charge in [0, 0.05) is 13.1 Å². The normalized spacial score (nSPS) is 11.7. The van der Waals surface area contributed by atoms with Crippen LogP contribution in [0.15, 0.2) is 0 Å². The number of hydrogen-bond acceptors (Lipinski definition) is 4. The first kappa shape index (κ1) is 19.3. The highest BCUT2D eigenvalue weighted by atomic mass is 16.6. The van der Waals surface area contributed by atoms with Crippen molar-refractivity contribution < 1.29 is 14.3 Å². The van der Waals surface area contributed by atoms with E-state index in [0.29, 0.717) is 19.6 Å². The van der Waals surface area contributed by atoms with Gasteiger partial charge in [0.2, 0.25) is 5.91 Å². The molecule has 0 aromatic carbocycles. The summed E-state index contributed by atoms with van der Waals surface area (Å²) in [6, 6.07) is 0. The van der Waals surface area contributed by atoms with Crippen LogP contribution in [0.25, 0.3) is 0 Å². The van der Waals surface area contributed by atoms with Crippen LogP contribution >= 0.6 is 0 Å². The van der Waals surface area contributed by atoms with Crippen molar-refractivity contribution in [2.24, 2.45) is 0 Å². The number of nitrogens with one attached hydrogen (secondary N) is 2. The van der Waals surface area contributed by atoms with Gasteiger partial charge in [-0.25, -0.2) is 4.79 Å². The minimum absolute atomic E-state index is 0.275. The Kier molecular flexibility index (Phi) is 7.23. The molecule has 0 radical (unpaired) electrons. The molecule has 0 fully saturated rings. The number of alkyl carbamates (subject to hydrolysis) is 1. The molecule has 0 aromatic rings. The summed E-state index contributed by atoms with van der Waals surface area (Å²) in [7, 11) is 1.87. The van der Waals surface area contributed by atoms with E-state index in [4.69, 9.17) is 11.2 Å². The number of nitrogens with zero attached hydrogens (tertiary/aromatic N) is 1. The van der Waals surface area contributed by atoms with Crippen molar-refractivity contribution in [3.63, 3.8) is 0 Å². The van der Waals surface area contributed by atoms with Gasteiger partial charge in [0.15, 0.2) is 0 Å². The maximum Gasteiger partial charge on any atom is 0.408 e. The van der Waals surface area contributed by atoms with E-state index in [9.17, 15) is 9.59 Å². The third kappa shape index (κ3) is 8.92. The Morgan fingerprint density at radius 2 is 1.81 bits per heavy atom. The quantitative estimate of drug-likeness (QED) is 0.717. The van der Waals surface area contributed by atoms with E-state index < -0.39 is 17.2 Å². The Morgan fingerprint density at radius 3 is 2.29 bits per heavy atom. The van der Waals surface area contributed by atoms with Crippen LogP contribution < -0.4 is 10.6 Å². The molecule has 0 unspecified atom stereocenters. The fourth-order valence-electron chi connectivity index (χ4n) is 1.43. The molecule has 0 aliphatic carbocycles. The van der Waals surface area contributed by atoms with E-state index in [0.717, 1.165) is 0 Å². The summed E-state index contributed by atoms with van der Waals surface area (Å²) >= 11 is 0. The van der Waals surface area contributed by atoms with Crippen LogP contribution in [0.5, 0.6) is 0 Å². The average Bonchev–Trinajstić information content (AvgIpc) is 2.25. The van der Waals surface area contributed by atoms with Gasteiger partial charge in [-0.05, 0) is 41.7 Å². The van der Waals surface area contributed by atoms with Gasteiger partial charge < -0.3 is 15.4 Å². The maximum atomic E-state index is 12.1. The Morgan fingerprint density at radius 1 is 1.24 bits per heavy atom. The fraction of sp³-hybridized carbons (Fsp3) is 0.733. The molecule has 120 valence electrons. The molecule has 2 amide bonds. The molecule has 2 N–H and O–H groups in total. The summed E-state index contributed by atoms with van der Waals surface area (Å²) in [5, 5.41) is 5.32. The van der Waals surface area contributed by atoms with Gasteiger partial charge in [0.1, 0.15) is 11.1 Å². The van der Waals surface area contributed by atoms with Crippen LogP contribution in [-0.4, -0.2) is 54.7 Å². The second-order valence-electron chi connectivity index (χ2n) is 6.45. The van der Waals surface area contributed by atoms with Crippen LogP contribution in [0.1, 0.15) is 34.6 Å². The molecular weight excluding hydrogens is 270 g/mol. The predicted molar refractivity (Wildman–Crippen MR) is 82.8 cm³/mol. The minimum Gasteiger partial charge on any atom is -0.444 e. The van der Waals surface area contributed by atoms with Crippen LogP contribution in [0.3, 0.4) is 0 Å². The van der Waals surface area contributed by atoms with Crippen LogP contribution in [-0.2, 0) is 9.53 Å². The van der Waals surface area contributed by atoms with Crippen molar-refractivity contribution in [3.8, 4) is 12.3 Å². The lowest BCUT2D eigenvalue weighted by atomic mass is 10.1. The van der Waals surface area contributed by atoms with Crippen molar-refractivity contribution in [1.29, 1.82) is 0 Å². The molecule has 6 heteroatoms. The lowest BCUT2D eigenvalue weighted by Gasteiger charge is -2.28. The molecule has 0 aromatic heterocycles. The summed E-state index contributed by atoms with van der Waals surface area (Å²) in [6.07, 6.45) is 4.58. The van der Waals surface area contributed by atoms with Gasteiger partial charge in [-0.15, -0.1) is 6.42 Å². The second-order valence-corrected chi connectivity index (χ2v) is 6.45. The molecule has 21 heavy (non-hydrogen) atoms. The third-order valence-corrected chi connectivity index (χ3v) is 2.52. The fourth-order valence-corrected chi connectivity index (χ4v) is 1.43. The average molecular weight is 297 g/mol. The molecule has 0 bridgehead atoms. The van der Waals surface area contributed by atoms with Crippen molar-refractivity contribution in [1.82, 2.24) is 15.5 Å². The molecule has 0 aliphatic heterocycles. The van der Waals surface area contributed by atoms with E-state index in [1.807, 2.05) is 11.9 Å². The van der Waals surface area contributed by atoms with Crippen LogP contribution in [0.2, 0.25) is 0 Å². The number of ether oxygens (including phenoxy) is 1. The molecule has 0 saturated carbocycles. The smallest absolute Gasteiger partial charge is 0.408 e. The number of likely N-dealkylation sites (N-methyl/N-ethyl adjacent to an activating group) is 1. The zero-order chi connectivity index (χ0) is 16.7. The van der Waals surface area contributed by atoms with Crippen molar-refractivity contribution in [2.45, 2.75) is 45.8 Å². The zero-order valence-corrected chi connectivity index (χ0v) is 13.9. The van der Waals surface area contributed by atoms with E-state index in [-0.39, 0.29) is 5.91 Å². The van der Waals surface area contributed by atoms with Gasteiger partial charge in [0.05, 0.1) is 6.54 Å². The van der Waals surface area contributed by atoms with E-state index in [1.54, 1.807) is 34.6 Å². The van der Waals surface area contributed by atoms with E-state index >= 15 is 0 Å². The second kappa shape index (κ2) is 7.89. The van der Waals surface area contributed by atoms with Gasteiger partial charge in [0.25, 0.3) is 0 Å². The molecule has 0 heterocycles. The lowest BCUT2D eigenvalue weighted by molar-refractivity contribution is -0.126. The Balaban J connectivity index is 4.28. The Bertz CT molecular complexity index is 405. The number of amides is 2. The van der Waals surface area contributed by atoms with Gasteiger partial charge >= 0.3 is 6.09 Å². The lowest BCUT2D eigenvalue weighted by Crippen LogP contribution is -2.56. The summed E-state index contributed by atoms with van der Waals surface area (Å²) < 4.78 is 5.14. The van der Waals surface area contributed by atoms with E-state index in [2.05, 4.69) is 16.6 Å². The minimum atomic E-state index is -1.05. The van der Waals surface area contributed by atoms with Gasteiger partial charge in [-0.2, -0.15) is 0 Å². The van der Waals surface area contributed by atoms with E-state index in [1.165, 1.54) is 0 Å². The van der Waals surface area contributed by atoms with Crippen LogP contribution in [0.4, 0.5) is 4.79 Å². The summed E-state index contributed by atoms with van der Waals surface area (Å²) in [4.78, 5) is 25.7. The van der Waals surface area contributed by atoms with Gasteiger partial charge in [-0.3, -0.25) is 9.69 Å². The standard InChI is InChI=1S/C15H27N3O3/c1-8-10-18(7)11-9-16-12(19)15(5,6)17-13(20)21-14(2,3)4/h1H,9-11H2,2-7H3,(H,16,19)(H,17,20). The summed E-state index contributed by atoms with van der Waals surface area (Å²) in [6.45, 7) is 10.2. The van der Waals surface area contributed by atoms with Crippen molar-refractivity contribution in [3.05, 3.63) is 0 Å². The first-order valence-corrected chi connectivity index (χ1v) is 6.89. The number of carbonyl (C=O) groups is 2. The first-order chi connectivity index (χ1) is 9.48. The SMILES string of the molecule is C#CCN(C)CCNC(=O)C(C)(C)NC(=O)OC(C)(C)C. The monoisotopic (exact) mass is 297 g/mol. The van der Waals surface area contributed by atoms with Crippen molar-refractivity contribution >= 4 is 12.0 Å². The first-order valence-electron chi connectivity index (χ1n) is 6.89. The summed E-state index contributed by atoms with van der Waals surface area (Å²) in [5.41, 5.74) is -1.65. The number of terminal acetylenes is 1. The highest BCUT2D eigenvalue weighted by molar-refractivity contribution is 5.89. The topological polar surface area (TPSA) is 70.7 Å². The largest absolute Gasteiger partial charge is 0.444 e. The van der Waals surface area contributed by atoms with Gasteiger partial charge in [-0.1, -0.05) is 5.92 Å². The molecule has 0 atom stereocenters. The van der Waals surface area contributed by atoms with Crippen LogP contribution in [0, 0.1) is 12.3 Å². The molecule has 0 saturated heterocycles. The number of carbonyl (C=O) groups excluding carboxylic acids is 2. The molecule has 6 nitrogen and oxygen atoms in total. The molecule has 0 spiro atoms. The highest BCUT2D eigenvalue weighted by Crippen LogP contribution is 2.09. The maximum absolute atomic E-state index is 12.1. The number of rotatable bonds is 6. The summed E-state index contributed by atoms with van der Waals surface area (Å²) in [5.74, 6) is 2.25. The molecule has 0 rings (SSSR count). The predicted octanol–water partition coefficient (Wildman–Crippen LogP) is 0.971. The zero-order valence-electron chi connectivity index (χ0n) is 13.9. The Hall–Kier alpha value is -1.74. The molecule has 0 aliphatic rings. The molecular formula is C15H27N3O3.